The first-order chi connectivity index (χ1) is 14.2. The Kier molecular flexibility index (Phi) is 6.42. The predicted octanol–water partition coefficient (Wildman–Crippen LogP) is 1.81. The molecule has 0 bridgehead atoms. The van der Waals surface area contributed by atoms with Gasteiger partial charge >= 0.3 is 0 Å². The van der Waals surface area contributed by atoms with Crippen molar-refractivity contribution in [1.29, 1.82) is 5.41 Å². The van der Waals surface area contributed by atoms with Gasteiger partial charge in [0.1, 0.15) is 35.5 Å². The number of benzene rings is 1. The van der Waals surface area contributed by atoms with Crippen molar-refractivity contribution < 1.29 is 19.7 Å². The maximum absolute atomic E-state index is 9.48. The molecule has 1 aliphatic rings. The average Bonchev–Trinajstić information content (AvgIpc) is 3.03. The number of aliphatic hydroxyl groups is 2. The van der Waals surface area contributed by atoms with Crippen LogP contribution in [0.3, 0.4) is 0 Å². The van der Waals surface area contributed by atoms with E-state index < -0.39 is 5.60 Å². The van der Waals surface area contributed by atoms with Gasteiger partial charge in [-0.2, -0.15) is 0 Å². The lowest BCUT2D eigenvalue weighted by Gasteiger charge is -2.26. The second-order valence-electron chi connectivity index (χ2n) is 7.86. The quantitative estimate of drug-likeness (QED) is 0.421. The van der Waals surface area contributed by atoms with Gasteiger partial charge in [-0.05, 0) is 39.8 Å². The fraction of sp³-hybridized carbons (Fsp3) is 0.476. The zero-order chi connectivity index (χ0) is 21.9. The molecule has 0 atom stereocenters. The topological polar surface area (TPSA) is 125 Å². The van der Waals surface area contributed by atoms with Gasteiger partial charge in [-0.25, -0.2) is 9.98 Å². The molecule has 1 aromatic heterocycles. The second kappa shape index (κ2) is 8.85. The van der Waals surface area contributed by atoms with E-state index in [2.05, 4.69) is 10.3 Å². The van der Waals surface area contributed by atoms with Crippen molar-refractivity contribution in [3.05, 3.63) is 30.1 Å². The second-order valence-corrected chi connectivity index (χ2v) is 7.86. The number of fused-ring (bicyclic) bond motifs is 3. The molecule has 2 aromatic rings. The minimum Gasteiger partial charge on any atom is -0.491 e. The summed E-state index contributed by atoms with van der Waals surface area (Å²) in [6.07, 6.45) is 1.91. The number of hydrogen-bond acceptors (Lipinski definition) is 6. The molecule has 1 aliphatic heterocycles. The van der Waals surface area contributed by atoms with Gasteiger partial charge in [0.25, 0.3) is 0 Å². The molecule has 9 nitrogen and oxygen atoms in total. The van der Waals surface area contributed by atoms with Crippen LogP contribution in [0.4, 0.5) is 0 Å². The van der Waals surface area contributed by atoms with E-state index in [9.17, 15) is 10.2 Å². The van der Waals surface area contributed by atoms with Gasteiger partial charge in [0, 0.05) is 18.3 Å². The number of hydrogen-bond donors (Lipinski definition) is 4. The summed E-state index contributed by atoms with van der Waals surface area (Å²) in [5, 5.41) is 29.9. The summed E-state index contributed by atoms with van der Waals surface area (Å²) in [5.74, 6) is 2.59. The van der Waals surface area contributed by atoms with Crippen LogP contribution in [-0.4, -0.2) is 62.9 Å². The first-order valence-electron chi connectivity index (χ1n) is 9.90. The molecular formula is C21H29N5O4. The van der Waals surface area contributed by atoms with E-state index in [-0.39, 0.29) is 25.1 Å². The lowest BCUT2D eigenvalue weighted by Crippen LogP contribution is -2.40. The third-order valence-electron chi connectivity index (χ3n) is 4.54. The highest BCUT2D eigenvalue weighted by Crippen LogP contribution is 2.36. The summed E-state index contributed by atoms with van der Waals surface area (Å²) < 4.78 is 13.7. The first-order valence-corrected chi connectivity index (χ1v) is 9.90. The van der Waals surface area contributed by atoms with E-state index in [1.165, 1.54) is 0 Å². The van der Waals surface area contributed by atoms with E-state index in [0.29, 0.717) is 36.2 Å². The van der Waals surface area contributed by atoms with Crippen molar-refractivity contribution in [2.24, 2.45) is 4.99 Å². The lowest BCUT2D eigenvalue weighted by atomic mass is 10.1. The molecule has 0 saturated carbocycles. The Balaban J connectivity index is 1.99. The first kappa shape index (κ1) is 21.8. The van der Waals surface area contributed by atoms with Crippen LogP contribution < -0.4 is 14.8 Å². The maximum atomic E-state index is 9.48. The molecule has 0 fully saturated rings. The van der Waals surface area contributed by atoms with Gasteiger partial charge in [0.2, 0.25) is 0 Å². The largest absolute Gasteiger partial charge is 0.491 e. The molecule has 9 heteroatoms. The number of nitrogens with one attached hydrogen (secondary N) is 2. The third-order valence-corrected chi connectivity index (χ3v) is 4.54. The number of aliphatic hydroxyl groups excluding tert-OH is 2. The lowest BCUT2D eigenvalue weighted by molar-refractivity contribution is -0.0195. The third kappa shape index (κ3) is 4.80. The molecule has 4 N–H and O–H groups in total. The van der Waals surface area contributed by atoms with Crippen molar-refractivity contribution in [3.8, 4) is 22.9 Å². The van der Waals surface area contributed by atoms with E-state index in [1.54, 1.807) is 26.0 Å². The number of aromatic nitrogens is 2. The van der Waals surface area contributed by atoms with Crippen molar-refractivity contribution in [2.75, 3.05) is 19.8 Å². The highest BCUT2D eigenvalue weighted by atomic mass is 16.5. The van der Waals surface area contributed by atoms with Gasteiger partial charge in [0.15, 0.2) is 11.4 Å². The van der Waals surface area contributed by atoms with E-state index in [0.717, 1.165) is 11.4 Å². The van der Waals surface area contributed by atoms with Crippen LogP contribution in [0.15, 0.2) is 29.4 Å². The molecule has 0 spiro atoms. The Bertz CT molecular complexity index is 947. The number of amidine groups is 2. The van der Waals surface area contributed by atoms with Crippen molar-refractivity contribution in [1.82, 2.24) is 14.9 Å². The summed E-state index contributed by atoms with van der Waals surface area (Å²) >= 11 is 0. The van der Waals surface area contributed by atoms with Crippen LogP contribution in [0.25, 0.3) is 11.4 Å². The minimum atomic E-state index is -1.08. The highest BCUT2D eigenvalue weighted by Gasteiger charge is 2.26. The standard InChI is InChI=1S/C21H29N5O4/c1-13(2)23-19(24-14(3)22)17-10-26-7-8-29-18-9-15(30-21(4,11-27)12-28)5-6-16(18)20(26)25-17/h5-6,9-10,13,27-28H,7-8,11-12H2,1-4H3,(H2,22,23,24). The summed E-state index contributed by atoms with van der Waals surface area (Å²) in [4.78, 5) is 9.07. The average molecular weight is 415 g/mol. The number of nitrogens with zero attached hydrogens (tertiary/aromatic N) is 3. The van der Waals surface area contributed by atoms with E-state index in [1.807, 2.05) is 30.7 Å². The van der Waals surface area contributed by atoms with Gasteiger partial charge < -0.3 is 29.6 Å². The summed E-state index contributed by atoms with van der Waals surface area (Å²) in [5.41, 5.74) is 0.381. The number of imidazole rings is 1. The Morgan fingerprint density at radius 1 is 1.40 bits per heavy atom. The van der Waals surface area contributed by atoms with Crippen LogP contribution in [0, 0.1) is 5.41 Å². The van der Waals surface area contributed by atoms with Gasteiger partial charge in [-0.1, -0.05) is 0 Å². The summed E-state index contributed by atoms with van der Waals surface area (Å²) in [7, 11) is 0. The van der Waals surface area contributed by atoms with Crippen LogP contribution >= 0.6 is 0 Å². The summed E-state index contributed by atoms with van der Waals surface area (Å²) in [6.45, 7) is 7.70. The molecule has 162 valence electrons. The Labute approximate surface area is 175 Å². The molecule has 0 aliphatic carbocycles. The molecule has 0 amide bonds. The Hall–Kier alpha value is -2.91. The fourth-order valence-electron chi connectivity index (χ4n) is 3.04. The van der Waals surface area contributed by atoms with E-state index in [4.69, 9.17) is 19.9 Å². The normalized spacial score (nSPS) is 13.9. The van der Waals surface area contributed by atoms with Gasteiger partial charge in [-0.3, -0.25) is 5.41 Å². The number of ether oxygens (including phenoxy) is 2. The molecule has 2 heterocycles. The van der Waals surface area contributed by atoms with Crippen LogP contribution in [0.2, 0.25) is 0 Å². The smallest absolute Gasteiger partial charge is 0.155 e. The zero-order valence-electron chi connectivity index (χ0n) is 17.8. The van der Waals surface area contributed by atoms with Crippen LogP contribution in [0.5, 0.6) is 11.5 Å². The van der Waals surface area contributed by atoms with E-state index >= 15 is 0 Å². The molecule has 30 heavy (non-hydrogen) atoms. The van der Waals surface area contributed by atoms with Crippen molar-refractivity contribution in [3.63, 3.8) is 0 Å². The van der Waals surface area contributed by atoms with Gasteiger partial charge in [-0.15, -0.1) is 0 Å². The predicted molar refractivity (Wildman–Crippen MR) is 115 cm³/mol. The molecular weight excluding hydrogens is 386 g/mol. The van der Waals surface area contributed by atoms with Crippen molar-refractivity contribution >= 4 is 11.7 Å². The molecule has 3 rings (SSSR count). The van der Waals surface area contributed by atoms with Crippen LogP contribution in [0.1, 0.15) is 33.4 Å². The molecule has 0 unspecified atom stereocenters. The Morgan fingerprint density at radius 2 is 2.13 bits per heavy atom. The SMILES string of the molecule is CC(=N)/N=C(\NC(C)C)c1cn2c(n1)-c1ccc(OC(C)(CO)CO)cc1OCC2. The minimum absolute atomic E-state index is 0.146. The molecule has 0 saturated heterocycles. The van der Waals surface area contributed by atoms with Crippen LogP contribution in [-0.2, 0) is 6.54 Å². The fourth-order valence-corrected chi connectivity index (χ4v) is 3.04. The molecule has 0 radical (unpaired) electrons. The van der Waals surface area contributed by atoms with Crippen molar-refractivity contribution in [2.45, 2.75) is 45.9 Å². The highest BCUT2D eigenvalue weighted by molar-refractivity contribution is 6.04. The zero-order valence-corrected chi connectivity index (χ0v) is 17.8. The number of aliphatic imine (C=N–C) groups is 1. The number of rotatable bonds is 6. The maximum Gasteiger partial charge on any atom is 0.155 e. The Morgan fingerprint density at radius 3 is 2.77 bits per heavy atom. The molecule has 1 aromatic carbocycles. The van der Waals surface area contributed by atoms with Gasteiger partial charge in [0.05, 0.1) is 25.3 Å². The summed E-state index contributed by atoms with van der Waals surface area (Å²) in [6, 6.07) is 5.50. The monoisotopic (exact) mass is 415 g/mol.